The Bertz CT molecular complexity index is 1670. The van der Waals surface area contributed by atoms with E-state index < -0.39 is 63.5 Å². The Balaban J connectivity index is 1.68. The number of phenolic OH excluding ortho intramolecular Hbond substituents is 1. The van der Waals surface area contributed by atoms with Gasteiger partial charge in [-0.15, -0.1) is 0 Å². The zero-order chi connectivity index (χ0) is 32.5. The first-order valence-corrected chi connectivity index (χ1v) is 14.5. The first kappa shape index (κ1) is 31.1. The van der Waals surface area contributed by atoms with Crippen molar-refractivity contribution in [2.45, 2.75) is 63.5 Å². The molecule has 1 fully saturated rings. The molecule has 0 aliphatic heterocycles. The Morgan fingerprint density at radius 1 is 1.16 bits per heavy atom. The number of aromatic hydroxyl groups is 1. The Labute approximate surface area is 254 Å². The molecule has 0 spiro atoms. The van der Waals surface area contributed by atoms with Crippen LogP contribution in [0.5, 0.6) is 5.75 Å². The number of primary amides is 1. The van der Waals surface area contributed by atoms with E-state index in [0.717, 1.165) is 0 Å². The summed E-state index contributed by atoms with van der Waals surface area (Å²) in [5.74, 6) is -7.07. The molecule has 6 N–H and O–H groups in total. The number of likely N-dealkylation sites (N-methyl/N-ethyl adjacent to an activating group) is 1. The molecule has 11 heteroatoms. The average molecular weight is 604 g/mol. The topological polar surface area (TPSA) is 191 Å². The molecule has 44 heavy (non-hydrogen) atoms. The minimum absolute atomic E-state index is 0.0123. The highest BCUT2D eigenvalue weighted by Gasteiger charge is 2.64. The summed E-state index contributed by atoms with van der Waals surface area (Å²) in [4.78, 5) is 58.2. The Morgan fingerprint density at radius 2 is 1.84 bits per heavy atom. The lowest BCUT2D eigenvalue weighted by atomic mass is 9.57. The third-order valence-corrected chi connectivity index (χ3v) is 9.23. The number of hydrogen-bond acceptors (Lipinski definition) is 10. The van der Waals surface area contributed by atoms with Gasteiger partial charge < -0.3 is 26.2 Å². The van der Waals surface area contributed by atoms with Gasteiger partial charge in [-0.2, -0.15) is 0 Å². The molecular weight excluding hydrogens is 566 g/mol. The van der Waals surface area contributed by atoms with Crippen molar-refractivity contribution in [3.63, 3.8) is 0 Å². The summed E-state index contributed by atoms with van der Waals surface area (Å²) in [7, 11) is 3.10. The molecular formula is C33H37N3O8. The number of rotatable bonds is 6. The molecule has 1 heterocycles. The highest BCUT2D eigenvalue weighted by atomic mass is 16.3. The number of aryl methyl sites for hydroxylation is 1. The summed E-state index contributed by atoms with van der Waals surface area (Å²) < 4.78 is 0. The maximum absolute atomic E-state index is 14.2. The standard InChI is InChI=1S/C33H37N3O8/c1-32(2,3)20-12-15(8-9-21(37)16-7-6-10-35-14-16)18-11-17-13-19-25(36(4)5)28(40)24(31(34)43)30(42)33(19,44)29(41)22(17)27(39)23(18)26(20)38/h6-7,10,12,14,17,19,25,38-39,42,44H,8-9,11,13H2,1-5H3,(H2,34,43)/t17-,19-,25-,33-/m0/s1. The zero-order valence-corrected chi connectivity index (χ0v) is 25.3. The van der Waals surface area contributed by atoms with Crippen LogP contribution < -0.4 is 5.73 Å². The number of aliphatic hydroxyl groups excluding tert-OH is 2. The summed E-state index contributed by atoms with van der Waals surface area (Å²) >= 11 is 0. The molecule has 0 bridgehead atoms. The van der Waals surface area contributed by atoms with E-state index in [1.165, 1.54) is 11.1 Å². The van der Waals surface area contributed by atoms with Crippen LogP contribution in [0.15, 0.2) is 47.5 Å². The van der Waals surface area contributed by atoms with Gasteiger partial charge in [0.1, 0.15) is 22.8 Å². The zero-order valence-electron chi connectivity index (χ0n) is 25.3. The van der Waals surface area contributed by atoms with Crippen molar-refractivity contribution < 1.29 is 39.6 Å². The Morgan fingerprint density at radius 3 is 2.41 bits per heavy atom. The molecule has 4 atom stereocenters. The van der Waals surface area contributed by atoms with Gasteiger partial charge in [0.2, 0.25) is 5.78 Å². The highest BCUT2D eigenvalue weighted by Crippen LogP contribution is 2.54. The molecule has 3 aliphatic rings. The smallest absolute Gasteiger partial charge is 0.255 e. The van der Waals surface area contributed by atoms with Crippen molar-refractivity contribution in [2.75, 3.05) is 14.1 Å². The van der Waals surface area contributed by atoms with Crippen LogP contribution in [0.4, 0.5) is 0 Å². The largest absolute Gasteiger partial charge is 0.508 e. The van der Waals surface area contributed by atoms with E-state index in [4.69, 9.17) is 5.73 Å². The van der Waals surface area contributed by atoms with Crippen LogP contribution in [0, 0.1) is 11.8 Å². The number of nitrogens with zero attached hydrogens (tertiary/aromatic N) is 2. The lowest BCUT2D eigenvalue weighted by Gasteiger charge is -2.50. The van der Waals surface area contributed by atoms with Crippen LogP contribution in [-0.2, 0) is 32.6 Å². The van der Waals surface area contributed by atoms with Crippen LogP contribution in [-0.4, -0.2) is 79.3 Å². The highest BCUT2D eigenvalue weighted by molar-refractivity contribution is 6.24. The van der Waals surface area contributed by atoms with Gasteiger partial charge in [0, 0.05) is 41.4 Å². The second-order valence-electron chi connectivity index (χ2n) is 13.2. The molecule has 0 saturated heterocycles. The predicted octanol–water partition coefficient (Wildman–Crippen LogP) is 2.47. The summed E-state index contributed by atoms with van der Waals surface area (Å²) in [6.45, 7) is 5.63. The molecule has 232 valence electrons. The van der Waals surface area contributed by atoms with Gasteiger partial charge in [0.05, 0.1) is 11.6 Å². The van der Waals surface area contributed by atoms with E-state index in [2.05, 4.69) is 4.98 Å². The molecule has 1 aromatic carbocycles. The van der Waals surface area contributed by atoms with E-state index in [1.54, 1.807) is 32.4 Å². The fraction of sp³-hybridized carbons (Fsp3) is 0.424. The van der Waals surface area contributed by atoms with Gasteiger partial charge in [-0.05, 0) is 68.0 Å². The molecule has 2 aromatic rings. The van der Waals surface area contributed by atoms with Crippen molar-refractivity contribution in [3.8, 4) is 5.75 Å². The number of carbonyl (C=O) groups is 4. The van der Waals surface area contributed by atoms with Crippen LogP contribution in [0.2, 0.25) is 0 Å². The number of benzene rings is 1. The molecule has 11 nitrogen and oxygen atoms in total. The number of nitrogens with two attached hydrogens (primary N) is 1. The summed E-state index contributed by atoms with van der Waals surface area (Å²) in [5.41, 5.74) is 3.26. The van der Waals surface area contributed by atoms with Crippen molar-refractivity contribution >= 4 is 29.0 Å². The number of phenols is 1. The van der Waals surface area contributed by atoms with Crippen LogP contribution in [0.1, 0.15) is 66.2 Å². The lowest BCUT2D eigenvalue weighted by molar-refractivity contribution is -0.153. The van der Waals surface area contributed by atoms with Crippen molar-refractivity contribution in [1.29, 1.82) is 0 Å². The van der Waals surface area contributed by atoms with E-state index in [9.17, 15) is 39.6 Å². The Hall–Kier alpha value is -4.35. The third-order valence-electron chi connectivity index (χ3n) is 9.23. The number of ketones is 3. The number of amides is 1. The maximum Gasteiger partial charge on any atom is 0.255 e. The van der Waals surface area contributed by atoms with Gasteiger partial charge in [-0.25, -0.2) is 0 Å². The van der Waals surface area contributed by atoms with Crippen molar-refractivity contribution in [1.82, 2.24) is 9.88 Å². The SMILES string of the molecule is CN(C)[C@@H]1C(=O)C(C(N)=O)=C(O)[C@@]2(O)C(=O)C3=C(O)c4c(O)c(C(C)(C)C)cc(CCC(=O)c5cccnc5)c4C[C@H]3C[C@@H]12. The van der Waals surface area contributed by atoms with Crippen LogP contribution in [0.25, 0.3) is 5.76 Å². The van der Waals surface area contributed by atoms with Gasteiger partial charge in [0.25, 0.3) is 5.91 Å². The minimum Gasteiger partial charge on any atom is -0.508 e. The Kier molecular flexibility index (Phi) is 7.54. The number of aromatic nitrogens is 1. The molecule has 1 amide bonds. The first-order chi connectivity index (χ1) is 20.5. The number of Topliss-reactive ketones (excluding diaryl/α,β-unsaturated/α-hetero) is 3. The van der Waals surface area contributed by atoms with E-state index in [1.807, 2.05) is 26.8 Å². The minimum atomic E-state index is -2.71. The fourth-order valence-electron chi connectivity index (χ4n) is 7.10. The molecule has 0 radical (unpaired) electrons. The second-order valence-corrected chi connectivity index (χ2v) is 13.2. The quantitative estimate of drug-likeness (QED) is 0.242. The van der Waals surface area contributed by atoms with Crippen molar-refractivity contribution in [2.24, 2.45) is 17.6 Å². The van der Waals surface area contributed by atoms with Gasteiger partial charge in [-0.1, -0.05) is 26.8 Å². The van der Waals surface area contributed by atoms with E-state index in [-0.39, 0.29) is 48.4 Å². The average Bonchev–Trinajstić information content (AvgIpc) is 2.93. The molecule has 3 aliphatic carbocycles. The summed E-state index contributed by atoms with van der Waals surface area (Å²) in [6, 6.07) is 4.01. The number of hydrogen-bond donors (Lipinski definition) is 5. The van der Waals surface area contributed by atoms with Crippen molar-refractivity contribution in [3.05, 3.63) is 75.3 Å². The van der Waals surface area contributed by atoms with Crippen LogP contribution in [0.3, 0.4) is 0 Å². The predicted molar refractivity (Wildman–Crippen MR) is 160 cm³/mol. The monoisotopic (exact) mass is 603 g/mol. The van der Waals surface area contributed by atoms with Gasteiger partial charge >= 0.3 is 0 Å². The van der Waals surface area contributed by atoms with E-state index in [0.29, 0.717) is 22.3 Å². The second kappa shape index (κ2) is 10.7. The van der Waals surface area contributed by atoms with Gasteiger partial charge in [0.15, 0.2) is 17.2 Å². The number of carbonyl (C=O) groups excluding carboxylic acids is 4. The normalized spacial score (nSPS) is 25.1. The molecule has 5 rings (SSSR count). The number of pyridine rings is 1. The molecule has 1 saturated carbocycles. The summed E-state index contributed by atoms with van der Waals surface area (Å²) in [6.07, 6.45) is 3.62. The number of aliphatic hydroxyl groups is 3. The maximum atomic E-state index is 14.2. The molecule has 0 unspecified atom stereocenters. The molecule has 1 aromatic heterocycles. The lowest BCUT2D eigenvalue weighted by Crippen LogP contribution is -2.65. The van der Waals surface area contributed by atoms with E-state index >= 15 is 0 Å². The third kappa shape index (κ3) is 4.62. The summed E-state index contributed by atoms with van der Waals surface area (Å²) in [5, 5.41) is 46.1. The van der Waals surface area contributed by atoms with Crippen LogP contribution >= 0.6 is 0 Å². The first-order valence-electron chi connectivity index (χ1n) is 14.5. The fourth-order valence-corrected chi connectivity index (χ4v) is 7.10. The number of fused-ring (bicyclic) bond motifs is 3. The van der Waals surface area contributed by atoms with Gasteiger partial charge in [-0.3, -0.25) is 29.1 Å².